The van der Waals surface area contributed by atoms with Crippen molar-refractivity contribution in [3.63, 3.8) is 0 Å². The zero-order valence-electron chi connectivity index (χ0n) is 13.8. The number of carboxylic acids is 1. The molecular weight excluding hydrogens is 305 g/mol. The first kappa shape index (κ1) is 15.6. The van der Waals surface area contributed by atoms with Crippen molar-refractivity contribution in [3.05, 3.63) is 41.8 Å². The lowest BCUT2D eigenvalue weighted by molar-refractivity contribution is -0.142. The fourth-order valence-corrected chi connectivity index (χ4v) is 5.02. The van der Waals surface area contributed by atoms with Crippen molar-refractivity contribution in [1.82, 2.24) is 4.98 Å². The SMILES string of the molecule is CC(C(=O)O)C1CC2C[C@H](c3ccnc4ccc(F)cc34)C[C@@H]2C1. The third-order valence-electron chi connectivity index (χ3n) is 6.33. The number of aromatic nitrogens is 1. The second kappa shape index (κ2) is 5.83. The summed E-state index contributed by atoms with van der Waals surface area (Å²) in [6, 6.07) is 6.83. The fraction of sp³-hybridized carbons (Fsp3) is 0.500. The van der Waals surface area contributed by atoms with Gasteiger partial charge >= 0.3 is 5.97 Å². The highest BCUT2D eigenvalue weighted by atomic mass is 19.1. The first-order chi connectivity index (χ1) is 11.5. The van der Waals surface area contributed by atoms with Crippen LogP contribution < -0.4 is 0 Å². The van der Waals surface area contributed by atoms with Crippen molar-refractivity contribution >= 4 is 16.9 Å². The van der Waals surface area contributed by atoms with Crippen LogP contribution in [-0.4, -0.2) is 16.1 Å². The number of nitrogens with zero attached hydrogens (tertiary/aromatic N) is 1. The molecule has 1 heterocycles. The normalized spacial score (nSPS) is 30.4. The molecule has 24 heavy (non-hydrogen) atoms. The molecular formula is C20H22FNO2. The number of pyridine rings is 1. The largest absolute Gasteiger partial charge is 0.481 e. The third-order valence-corrected chi connectivity index (χ3v) is 6.33. The van der Waals surface area contributed by atoms with Gasteiger partial charge in [-0.1, -0.05) is 6.92 Å². The Hall–Kier alpha value is -1.97. The van der Waals surface area contributed by atoms with Gasteiger partial charge in [-0.15, -0.1) is 0 Å². The van der Waals surface area contributed by atoms with Gasteiger partial charge in [0.15, 0.2) is 0 Å². The quantitative estimate of drug-likeness (QED) is 0.895. The minimum Gasteiger partial charge on any atom is -0.481 e. The topological polar surface area (TPSA) is 50.2 Å². The zero-order chi connectivity index (χ0) is 16.8. The predicted molar refractivity (Wildman–Crippen MR) is 90.2 cm³/mol. The Kier molecular flexibility index (Phi) is 3.78. The zero-order valence-corrected chi connectivity index (χ0v) is 13.8. The van der Waals surface area contributed by atoms with Gasteiger partial charge in [-0.2, -0.15) is 0 Å². The second-order valence-electron chi connectivity index (χ2n) is 7.61. The van der Waals surface area contributed by atoms with E-state index in [4.69, 9.17) is 0 Å². The molecule has 0 aliphatic heterocycles. The average molecular weight is 327 g/mol. The minimum atomic E-state index is -0.674. The molecule has 1 aromatic heterocycles. The van der Waals surface area contributed by atoms with Crippen LogP contribution in [0.15, 0.2) is 30.5 Å². The third kappa shape index (κ3) is 2.58. The molecule has 3 nitrogen and oxygen atoms in total. The molecule has 2 aliphatic carbocycles. The summed E-state index contributed by atoms with van der Waals surface area (Å²) in [5.74, 6) is 0.831. The van der Waals surface area contributed by atoms with Crippen molar-refractivity contribution in [3.8, 4) is 0 Å². The van der Waals surface area contributed by atoms with Gasteiger partial charge in [0.1, 0.15) is 5.82 Å². The molecule has 0 spiro atoms. The van der Waals surface area contributed by atoms with Crippen LogP contribution in [0.4, 0.5) is 4.39 Å². The van der Waals surface area contributed by atoms with Gasteiger partial charge < -0.3 is 5.11 Å². The molecule has 2 aliphatic rings. The van der Waals surface area contributed by atoms with Crippen molar-refractivity contribution in [1.29, 1.82) is 0 Å². The number of aliphatic carboxylic acids is 1. The maximum atomic E-state index is 13.7. The molecule has 1 N–H and O–H groups in total. The highest BCUT2D eigenvalue weighted by Gasteiger charge is 2.44. The van der Waals surface area contributed by atoms with E-state index in [9.17, 15) is 14.3 Å². The molecule has 0 radical (unpaired) electrons. The summed E-state index contributed by atoms with van der Waals surface area (Å²) in [5.41, 5.74) is 2.06. The molecule has 2 fully saturated rings. The van der Waals surface area contributed by atoms with Crippen LogP contribution in [-0.2, 0) is 4.79 Å². The van der Waals surface area contributed by atoms with Crippen LogP contribution in [0.3, 0.4) is 0 Å². The molecule has 126 valence electrons. The maximum absolute atomic E-state index is 13.7. The number of halogens is 1. The Morgan fingerprint density at radius 3 is 2.58 bits per heavy atom. The monoisotopic (exact) mass is 327 g/mol. The summed E-state index contributed by atoms with van der Waals surface area (Å²) in [6.07, 6.45) is 6.03. The number of benzene rings is 1. The second-order valence-corrected chi connectivity index (χ2v) is 7.61. The molecule has 4 rings (SSSR count). The molecule has 3 unspecified atom stereocenters. The first-order valence-corrected chi connectivity index (χ1v) is 8.80. The molecule has 1 aromatic carbocycles. The predicted octanol–water partition coefficient (Wildman–Crippen LogP) is 4.61. The van der Waals surface area contributed by atoms with Gasteiger partial charge in [-0.3, -0.25) is 9.78 Å². The molecule has 4 heteroatoms. The number of hydrogen-bond acceptors (Lipinski definition) is 2. The number of carbonyl (C=O) groups is 1. The summed E-state index contributed by atoms with van der Waals surface area (Å²) in [5, 5.41) is 10.2. The van der Waals surface area contributed by atoms with Gasteiger partial charge in [-0.05, 0) is 79.2 Å². The van der Waals surface area contributed by atoms with E-state index in [1.807, 2.05) is 19.2 Å². The Bertz CT molecular complexity index is 776. The van der Waals surface area contributed by atoms with Gasteiger partial charge in [-0.25, -0.2) is 4.39 Å². The summed E-state index contributed by atoms with van der Waals surface area (Å²) in [7, 11) is 0. The van der Waals surface area contributed by atoms with Crippen LogP contribution in [0.25, 0.3) is 10.9 Å². The number of rotatable bonds is 3. The summed E-state index contributed by atoms with van der Waals surface area (Å²) >= 11 is 0. The van der Waals surface area contributed by atoms with Crippen molar-refractivity contribution in [2.45, 2.75) is 38.5 Å². The van der Waals surface area contributed by atoms with Crippen LogP contribution in [0.1, 0.15) is 44.1 Å². The van der Waals surface area contributed by atoms with Gasteiger partial charge in [0.2, 0.25) is 0 Å². The van der Waals surface area contributed by atoms with Crippen molar-refractivity contribution < 1.29 is 14.3 Å². The van der Waals surface area contributed by atoms with E-state index in [1.54, 1.807) is 12.1 Å². The standard InChI is InChI=1S/C20H22FNO2/c1-11(20(23)24)12-6-13-8-15(9-14(13)7-12)17-4-5-22-19-3-2-16(21)10-18(17)19/h2-5,10-15H,6-9H2,1H3,(H,23,24)/t11?,12?,13-,14?,15+/m0/s1. The van der Waals surface area contributed by atoms with E-state index in [0.29, 0.717) is 23.7 Å². The minimum absolute atomic E-state index is 0.217. The Morgan fingerprint density at radius 2 is 1.92 bits per heavy atom. The smallest absolute Gasteiger partial charge is 0.306 e. The lowest BCUT2D eigenvalue weighted by atomic mass is 9.86. The highest BCUT2D eigenvalue weighted by Crippen LogP contribution is 2.54. The van der Waals surface area contributed by atoms with Crippen LogP contribution in [0.2, 0.25) is 0 Å². The van der Waals surface area contributed by atoms with E-state index in [1.165, 1.54) is 11.6 Å². The maximum Gasteiger partial charge on any atom is 0.306 e. The Balaban J connectivity index is 1.56. The number of hydrogen-bond donors (Lipinski definition) is 1. The van der Waals surface area contributed by atoms with E-state index in [0.717, 1.165) is 36.6 Å². The Morgan fingerprint density at radius 1 is 1.21 bits per heavy atom. The molecule has 0 bridgehead atoms. The van der Waals surface area contributed by atoms with Crippen molar-refractivity contribution in [2.75, 3.05) is 0 Å². The Labute approximate surface area is 140 Å². The summed E-state index contributed by atoms with van der Waals surface area (Å²) in [6.45, 7) is 1.84. The molecule has 5 atom stereocenters. The van der Waals surface area contributed by atoms with Crippen LogP contribution in [0.5, 0.6) is 0 Å². The van der Waals surface area contributed by atoms with Crippen LogP contribution in [0, 0.1) is 29.5 Å². The number of fused-ring (bicyclic) bond motifs is 2. The fourth-order valence-electron chi connectivity index (χ4n) is 5.02. The average Bonchev–Trinajstić information content (AvgIpc) is 3.12. The number of carboxylic acid groups (broad SMARTS) is 1. The molecule has 0 saturated heterocycles. The van der Waals surface area contributed by atoms with E-state index in [2.05, 4.69) is 4.98 Å². The molecule has 0 amide bonds. The summed E-state index contributed by atoms with van der Waals surface area (Å²) in [4.78, 5) is 15.6. The summed E-state index contributed by atoms with van der Waals surface area (Å²) < 4.78 is 13.7. The van der Waals surface area contributed by atoms with E-state index >= 15 is 0 Å². The van der Waals surface area contributed by atoms with Crippen molar-refractivity contribution in [2.24, 2.45) is 23.7 Å². The lowest BCUT2D eigenvalue weighted by Crippen LogP contribution is -2.19. The highest BCUT2D eigenvalue weighted by molar-refractivity contribution is 5.82. The molecule has 2 aromatic rings. The lowest BCUT2D eigenvalue weighted by Gasteiger charge is -2.19. The van der Waals surface area contributed by atoms with Gasteiger partial charge in [0, 0.05) is 11.6 Å². The van der Waals surface area contributed by atoms with E-state index < -0.39 is 5.97 Å². The van der Waals surface area contributed by atoms with Gasteiger partial charge in [0.05, 0.1) is 11.4 Å². The first-order valence-electron chi connectivity index (χ1n) is 8.80. The van der Waals surface area contributed by atoms with Crippen LogP contribution >= 0.6 is 0 Å². The molecule has 2 saturated carbocycles. The van der Waals surface area contributed by atoms with Gasteiger partial charge in [0.25, 0.3) is 0 Å². The van der Waals surface area contributed by atoms with E-state index in [-0.39, 0.29) is 11.7 Å².